The number of halogens is 1. The maximum absolute atomic E-state index is 13.7. The Kier molecular flexibility index (Phi) is 9.14. The van der Waals surface area contributed by atoms with Gasteiger partial charge in [0.2, 0.25) is 5.95 Å². The maximum atomic E-state index is 13.7. The molecule has 4 rings (SSSR count). The minimum Gasteiger partial charge on any atom is -0.399 e. The molecule has 0 amide bonds. The van der Waals surface area contributed by atoms with E-state index < -0.39 is 0 Å². The number of pyridine rings is 1. The number of unbranched alkanes of at least 4 members (excludes halogenated alkanes) is 1. The molecule has 37 heavy (non-hydrogen) atoms. The Morgan fingerprint density at radius 2 is 1.84 bits per heavy atom. The van der Waals surface area contributed by atoms with Gasteiger partial charge in [0.15, 0.2) is 0 Å². The number of anilines is 2. The van der Waals surface area contributed by atoms with Gasteiger partial charge in [-0.1, -0.05) is 55.8 Å². The first-order valence-corrected chi connectivity index (χ1v) is 13.3. The summed E-state index contributed by atoms with van der Waals surface area (Å²) in [6.07, 6.45) is 4.54. The van der Waals surface area contributed by atoms with Crippen molar-refractivity contribution in [2.75, 3.05) is 37.2 Å². The number of nitrogen functional groups attached to an aromatic ring is 1. The topological polar surface area (TPSA) is 89.1 Å². The average molecular weight is 519 g/mol. The van der Waals surface area contributed by atoms with Crippen molar-refractivity contribution in [3.8, 4) is 11.1 Å². The van der Waals surface area contributed by atoms with Gasteiger partial charge in [0, 0.05) is 46.5 Å². The number of benzene rings is 2. The summed E-state index contributed by atoms with van der Waals surface area (Å²) < 4.78 is 1.73. The van der Waals surface area contributed by atoms with Crippen LogP contribution >= 0.6 is 11.6 Å². The Morgan fingerprint density at radius 3 is 2.59 bits per heavy atom. The summed E-state index contributed by atoms with van der Waals surface area (Å²) in [5.41, 5.74) is 9.44. The number of nitrogens with two attached hydrogens (primary N) is 1. The number of nitrogens with one attached hydrogen (secondary N) is 1. The third-order valence-electron chi connectivity index (χ3n) is 6.64. The molecule has 4 aromatic rings. The Balaban J connectivity index is 1.63. The zero-order chi connectivity index (χ0) is 26.2. The standard InChI is InChI=1S/C29H35ClN6O/c1-3-35(4-2)16-8-7-15-32-29-33-20-22-19-25(24-12-5-6-13-26(24)30)28(37)36(27(22)34-29)17-14-21-10-9-11-23(31)18-21/h5-6,9-13,18-20H,3-4,7-8,14-17,31H2,1-2H3,(H,32,33,34). The van der Waals surface area contributed by atoms with E-state index in [1.807, 2.05) is 48.5 Å². The number of hydrogen-bond donors (Lipinski definition) is 2. The lowest BCUT2D eigenvalue weighted by molar-refractivity contribution is 0.298. The lowest BCUT2D eigenvalue weighted by atomic mass is 10.1. The van der Waals surface area contributed by atoms with Gasteiger partial charge in [-0.25, -0.2) is 4.98 Å². The van der Waals surface area contributed by atoms with Crippen LogP contribution in [0.15, 0.2) is 65.6 Å². The Labute approximate surface area is 223 Å². The molecule has 0 unspecified atom stereocenters. The van der Waals surface area contributed by atoms with Gasteiger partial charge in [-0.05, 0) is 68.7 Å². The predicted octanol–water partition coefficient (Wildman–Crippen LogP) is 5.47. The molecule has 2 aromatic carbocycles. The van der Waals surface area contributed by atoms with Crippen molar-refractivity contribution in [1.29, 1.82) is 0 Å². The molecule has 0 radical (unpaired) electrons. The maximum Gasteiger partial charge on any atom is 0.260 e. The lowest BCUT2D eigenvalue weighted by Crippen LogP contribution is -2.25. The normalized spacial score (nSPS) is 11.4. The second kappa shape index (κ2) is 12.7. The van der Waals surface area contributed by atoms with Crippen LogP contribution in [0.25, 0.3) is 22.2 Å². The third-order valence-corrected chi connectivity index (χ3v) is 6.97. The molecule has 0 aliphatic heterocycles. The van der Waals surface area contributed by atoms with E-state index in [-0.39, 0.29) is 5.56 Å². The minimum absolute atomic E-state index is 0.131. The highest BCUT2D eigenvalue weighted by atomic mass is 35.5. The van der Waals surface area contributed by atoms with Gasteiger partial charge in [-0.3, -0.25) is 9.36 Å². The first-order chi connectivity index (χ1) is 18.0. The molecule has 0 fully saturated rings. The van der Waals surface area contributed by atoms with Crippen molar-refractivity contribution in [2.45, 2.75) is 39.7 Å². The van der Waals surface area contributed by atoms with Crippen molar-refractivity contribution < 1.29 is 0 Å². The average Bonchev–Trinajstić information content (AvgIpc) is 2.90. The minimum atomic E-state index is -0.131. The van der Waals surface area contributed by atoms with E-state index in [1.165, 1.54) is 0 Å². The number of hydrogen-bond acceptors (Lipinski definition) is 6. The fourth-order valence-electron chi connectivity index (χ4n) is 4.51. The van der Waals surface area contributed by atoms with Gasteiger partial charge in [-0.2, -0.15) is 4.98 Å². The van der Waals surface area contributed by atoms with Crippen LogP contribution in [-0.4, -0.2) is 45.6 Å². The number of aromatic nitrogens is 3. The van der Waals surface area contributed by atoms with Crippen molar-refractivity contribution in [2.24, 2.45) is 0 Å². The third kappa shape index (κ3) is 6.67. The summed E-state index contributed by atoms with van der Waals surface area (Å²) in [6.45, 7) is 8.83. The molecule has 0 aliphatic rings. The lowest BCUT2D eigenvalue weighted by Gasteiger charge is -2.17. The highest BCUT2D eigenvalue weighted by Gasteiger charge is 2.15. The number of aryl methyl sites for hydroxylation is 2. The smallest absolute Gasteiger partial charge is 0.260 e. The van der Waals surface area contributed by atoms with Crippen LogP contribution < -0.4 is 16.6 Å². The predicted molar refractivity (Wildman–Crippen MR) is 154 cm³/mol. The van der Waals surface area contributed by atoms with Gasteiger partial charge < -0.3 is 16.0 Å². The van der Waals surface area contributed by atoms with E-state index in [4.69, 9.17) is 22.3 Å². The molecule has 2 aromatic heterocycles. The molecule has 0 aliphatic carbocycles. The van der Waals surface area contributed by atoms with Gasteiger partial charge in [0.05, 0.1) is 0 Å². The molecule has 0 atom stereocenters. The van der Waals surface area contributed by atoms with Crippen LogP contribution in [0, 0.1) is 0 Å². The van der Waals surface area contributed by atoms with Gasteiger partial charge in [0.1, 0.15) is 5.65 Å². The van der Waals surface area contributed by atoms with E-state index >= 15 is 0 Å². The molecule has 3 N–H and O–H groups in total. The number of fused-ring (bicyclic) bond motifs is 1. The summed E-state index contributed by atoms with van der Waals surface area (Å²) in [6, 6.07) is 17.0. The van der Waals surface area contributed by atoms with Crippen LogP contribution in [0.2, 0.25) is 5.02 Å². The second-order valence-corrected chi connectivity index (χ2v) is 9.53. The van der Waals surface area contributed by atoms with Crippen molar-refractivity contribution in [3.05, 3.63) is 81.7 Å². The van der Waals surface area contributed by atoms with Crippen LogP contribution in [0.5, 0.6) is 0 Å². The molecule has 7 nitrogen and oxygen atoms in total. The van der Waals surface area contributed by atoms with E-state index in [1.54, 1.807) is 16.8 Å². The molecule has 0 bridgehead atoms. The largest absolute Gasteiger partial charge is 0.399 e. The molecular weight excluding hydrogens is 484 g/mol. The van der Waals surface area contributed by atoms with Gasteiger partial charge in [0.25, 0.3) is 5.56 Å². The van der Waals surface area contributed by atoms with Crippen molar-refractivity contribution >= 4 is 34.3 Å². The first-order valence-electron chi connectivity index (χ1n) is 13.0. The SMILES string of the molecule is CCN(CC)CCCCNc1ncc2cc(-c3ccccc3Cl)c(=O)n(CCc3cccc(N)c3)c2n1. The fraction of sp³-hybridized carbons (Fsp3) is 0.345. The zero-order valence-corrected chi connectivity index (χ0v) is 22.3. The second-order valence-electron chi connectivity index (χ2n) is 9.12. The summed E-state index contributed by atoms with van der Waals surface area (Å²) in [5.74, 6) is 0.526. The number of nitrogens with zero attached hydrogens (tertiary/aromatic N) is 4. The summed E-state index contributed by atoms with van der Waals surface area (Å²) in [7, 11) is 0. The molecule has 0 saturated heterocycles. The quantitative estimate of drug-likeness (QED) is 0.191. The molecule has 8 heteroatoms. The highest BCUT2D eigenvalue weighted by Crippen LogP contribution is 2.27. The first kappa shape index (κ1) is 26.6. The van der Waals surface area contributed by atoms with E-state index in [0.29, 0.717) is 46.4 Å². The van der Waals surface area contributed by atoms with Crippen molar-refractivity contribution in [3.63, 3.8) is 0 Å². The molecule has 194 valence electrons. The fourth-order valence-corrected chi connectivity index (χ4v) is 4.75. The molecular formula is C29H35ClN6O. The van der Waals surface area contributed by atoms with E-state index in [9.17, 15) is 4.79 Å². The highest BCUT2D eigenvalue weighted by molar-refractivity contribution is 6.33. The monoisotopic (exact) mass is 518 g/mol. The van der Waals surface area contributed by atoms with Crippen LogP contribution in [0.1, 0.15) is 32.3 Å². The summed E-state index contributed by atoms with van der Waals surface area (Å²) in [4.78, 5) is 25.5. The van der Waals surface area contributed by atoms with Crippen molar-refractivity contribution in [1.82, 2.24) is 19.4 Å². The summed E-state index contributed by atoms with van der Waals surface area (Å²) >= 11 is 6.46. The van der Waals surface area contributed by atoms with Crippen LogP contribution in [0.4, 0.5) is 11.6 Å². The Morgan fingerprint density at radius 1 is 1.03 bits per heavy atom. The van der Waals surface area contributed by atoms with E-state index in [2.05, 4.69) is 29.0 Å². The Hall–Kier alpha value is -3.42. The molecule has 0 spiro atoms. The number of rotatable bonds is 12. The Bertz CT molecular complexity index is 1400. The zero-order valence-electron chi connectivity index (χ0n) is 21.6. The van der Waals surface area contributed by atoms with Gasteiger partial charge in [-0.15, -0.1) is 0 Å². The molecule has 0 saturated carbocycles. The van der Waals surface area contributed by atoms with E-state index in [0.717, 1.165) is 50.0 Å². The summed E-state index contributed by atoms with van der Waals surface area (Å²) in [5, 5.41) is 4.66. The van der Waals surface area contributed by atoms with Gasteiger partial charge >= 0.3 is 0 Å². The van der Waals surface area contributed by atoms with Crippen LogP contribution in [-0.2, 0) is 13.0 Å². The molecule has 2 heterocycles. The van der Waals surface area contributed by atoms with Crippen LogP contribution in [0.3, 0.4) is 0 Å².